The fourth-order valence-corrected chi connectivity index (χ4v) is 4.49. The van der Waals surface area contributed by atoms with Crippen LogP contribution in [0.3, 0.4) is 0 Å². The second-order valence-electron chi connectivity index (χ2n) is 8.16. The summed E-state index contributed by atoms with van der Waals surface area (Å²) in [6, 6.07) is 5.25. The molecule has 2 heterocycles. The van der Waals surface area contributed by atoms with Gasteiger partial charge in [-0.25, -0.2) is 0 Å². The van der Waals surface area contributed by atoms with Crippen molar-refractivity contribution in [3.8, 4) is 11.5 Å². The van der Waals surface area contributed by atoms with Gasteiger partial charge in [-0.2, -0.15) is 0 Å². The number of methoxy groups -OCH3 is 2. The monoisotopic (exact) mass is 432 g/mol. The van der Waals surface area contributed by atoms with Gasteiger partial charge in [-0.3, -0.25) is 14.5 Å². The molecule has 0 aromatic heterocycles. The van der Waals surface area contributed by atoms with Crippen LogP contribution in [0.1, 0.15) is 31.7 Å². The number of nitrogens with one attached hydrogen (secondary N) is 1. The minimum Gasteiger partial charge on any atom is -0.493 e. The Bertz CT molecular complexity index is 751. The molecule has 2 aliphatic rings. The number of rotatable bonds is 10. The number of amides is 2. The Hall–Kier alpha value is -2.32. The van der Waals surface area contributed by atoms with E-state index >= 15 is 0 Å². The van der Waals surface area contributed by atoms with E-state index in [4.69, 9.17) is 9.47 Å². The van der Waals surface area contributed by atoms with Crippen LogP contribution in [-0.4, -0.2) is 92.6 Å². The SMILES string of the molecule is CCN(CCN1CCCC1)C(=O)CC1C(=O)NCCN1Cc1cccc(OC)c1OC. The van der Waals surface area contributed by atoms with Crippen molar-refractivity contribution in [3.05, 3.63) is 23.8 Å². The third-order valence-corrected chi connectivity index (χ3v) is 6.29. The van der Waals surface area contributed by atoms with Crippen LogP contribution < -0.4 is 14.8 Å². The molecule has 2 aliphatic heterocycles. The summed E-state index contributed by atoms with van der Waals surface area (Å²) in [5, 5.41) is 2.92. The van der Waals surface area contributed by atoms with E-state index in [1.165, 1.54) is 12.8 Å². The van der Waals surface area contributed by atoms with Crippen LogP contribution in [0.15, 0.2) is 18.2 Å². The Morgan fingerprint density at radius 1 is 1.19 bits per heavy atom. The molecular formula is C23H36N4O4. The van der Waals surface area contributed by atoms with Gasteiger partial charge in [0.2, 0.25) is 11.8 Å². The van der Waals surface area contributed by atoms with Gasteiger partial charge in [0.25, 0.3) is 0 Å². The lowest BCUT2D eigenvalue weighted by Crippen LogP contribution is -2.56. The molecule has 8 nitrogen and oxygen atoms in total. The first-order valence-electron chi connectivity index (χ1n) is 11.3. The smallest absolute Gasteiger partial charge is 0.237 e. The molecule has 8 heteroatoms. The third-order valence-electron chi connectivity index (χ3n) is 6.29. The minimum atomic E-state index is -0.488. The number of likely N-dealkylation sites (N-methyl/N-ethyl adjacent to an activating group) is 1. The lowest BCUT2D eigenvalue weighted by molar-refractivity contribution is -0.139. The zero-order chi connectivity index (χ0) is 22.2. The number of nitrogens with zero attached hydrogens (tertiary/aromatic N) is 3. The summed E-state index contributed by atoms with van der Waals surface area (Å²) in [7, 11) is 3.23. The number of benzene rings is 1. The molecule has 172 valence electrons. The molecule has 0 radical (unpaired) electrons. The van der Waals surface area contributed by atoms with E-state index in [2.05, 4.69) is 15.1 Å². The van der Waals surface area contributed by atoms with Crippen LogP contribution in [0.25, 0.3) is 0 Å². The van der Waals surface area contributed by atoms with Crippen LogP contribution in [0, 0.1) is 0 Å². The predicted molar refractivity (Wildman–Crippen MR) is 119 cm³/mol. The Kier molecular flexibility index (Phi) is 8.54. The van der Waals surface area contributed by atoms with Gasteiger partial charge in [-0.15, -0.1) is 0 Å². The van der Waals surface area contributed by atoms with Crippen LogP contribution in [-0.2, 0) is 16.1 Å². The molecule has 2 fully saturated rings. The molecule has 31 heavy (non-hydrogen) atoms. The van der Waals surface area contributed by atoms with E-state index in [9.17, 15) is 9.59 Å². The standard InChI is InChI=1S/C23H36N4O4/c1-4-26(15-14-25-11-5-6-12-25)21(28)16-19-23(29)24-10-13-27(19)17-18-8-7-9-20(30-2)22(18)31-3/h7-9,19H,4-6,10-17H2,1-3H3,(H,24,29). The average molecular weight is 433 g/mol. The summed E-state index contributed by atoms with van der Waals surface area (Å²) in [5.74, 6) is 1.28. The zero-order valence-corrected chi connectivity index (χ0v) is 19.1. The van der Waals surface area contributed by atoms with E-state index in [0.29, 0.717) is 44.2 Å². The normalized spacial score (nSPS) is 19.8. The largest absolute Gasteiger partial charge is 0.493 e. The first-order valence-corrected chi connectivity index (χ1v) is 11.3. The highest BCUT2D eigenvalue weighted by Gasteiger charge is 2.33. The zero-order valence-electron chi connectivity index (χ0n) is 19.1. The van der Waals surface area contributed by atoms with Gasteiger partial charge in [-0.05, 0) is 38.9 Å². The van der Waals surface area contributed by atoms with Crippen molar-refractivity contribution >= 4 is 11.8 Å². The molecule has 1 aromatic rings. The Balaban J connectivity index is 1.67. The summed E-state index contributed by atoms with van der Waals surface area (Å²) >= 11 is 0. The lowest BCUT2D eigenvalue weighted by atomic mass is 10.1. The number of likely N-dealkylation sites (tertiary alicyclic amines) is 1. The second kappa shape index (κ2) is 11.3. The molecule has 2 amide bonds. The first-order chi connectivity index (χ1) is 15.1. The minimum absolute atomic E-state index is 0.0337. The highest BCUT2D eigenvalue weighted by molar-refractivity contribution is 5.88. The van der Waals surface area contributed by atoms with Crippen LogP contribution >= 0.6 is 0 Å². The van der Waals surface area contributed by atoms with Crippen molar-refractivity contribution in [2.75, 3.05) is 60.0 Å². The number of ether oxygens (including phenoxy) is 2. The van der Waals surface area contributed by atoms with Crippen LogP contribution in [0.5, 0.6) is 11.5 Å². The van der Waals surface area contributed by atoms with Crippen molar-refractivity contribution < 1.29 is 19.1 Å². The van der Waals surface area contributed by atoms with E-state index < -0.39 is 6.04 Å². The summed E-state index contributed by atoms with van der Waals surface area (Å²) in [6.07, 6.45) is 2.67. The van der Waals surface area contributed by atoms with E-state index in [0.717, 1.165) is 25.2 Å². The number of hydrogen-bond acceptors (Lipinski definition) is 6. The van der Waals surface area contributed by atoms with E-state index in [1.54, 1.807) is 14.2 Å². The van der Waals surface area contributed by atoms with Gasteiger partial charge >= 0.3 is 0 Å². The van der Waals surface area contributed by atoms with Crippen LogP contribution in [0.2, 0.25) is 0 Å². The molecule has 2 saturated heterocycles. The van der Waals surface area contributed by atoms with Gasteiger partial charge in [0, 0.05) is 44.8 Å². The summed E-state index contributed by atoms with van der Waals surface area (Å²) in [4.78, 5) is 32.1. The number of carbonyl (C=O) groups is 2. The summed E-state index contributed by atoms with van der Waals surface area (Å²) in [5.41, 5.74) is 0.940. The molecule has 3 rings (SSSR count). The van der Waals surface area contributed by atoms with Crippen LogP contribution in [0.4, 0.5) is 0 Å². The number of piperazine rings is 1. The molecule has 0 saturated carbocycles. The number of para-hydroxylation sites is 1. The lowest BCUT2D eigenvalue weighted by Gasteiger charge is -2.36. The maximum Gasteiger partial charge on any atom is 0.237 e. The molecule has 1 N–H and O–H groups in total. The van der Waals surface area contributed by atoms with E-state index in [-0.39, 0.29) is 18.2 Å². The average Bonchev–Trinajstić information content (AvgIpc) is 3.30. The molecule has 1 aromatic carbocycles. The number of hydrogen-bond donors (Lipinski definition) is 1. The number of carbonyl (C=O) groups excluding carboxylic acids is 2. The fourth-order valence-electron chi connectivity index (χ4n) is 4.49. The van der Waals surface area contributed by atoms with Crippen molar-refractivity contribution in [1.29, 1.82) is 0 Å². The first kappa shape index (κ1) is 23.3. The maximum atomic E-state index is 13.1. The molecule has 1 atom stereocenters. The molecule has 0 spiro atoms. The molecule has 0 aliphatic carbocycles. The topological polar surface area (TPSA) is 74.4 Å². The summed E-state index contributed by atoms with van der Waals surface area (Å²) in [6.45, 7) is 8.29. The Labute approximate surface area is 185 Å². The highest BCUT2D eigenvalue weighted by atomic mass is 16.5. The summed E-state index contributed by atoms with van der Waals surface area (Å²) < 4.78 is 11.0. The van der Waals surface area contributed by atoms with Gasteiger partial charge < -0.3 is 24.6 Å². The fraction of sp³-hybridized carbons (Fsp3) is 0.652. The van der Waals surface area contributed by atoms with Crippen molar-refractivity contribution in [1.82, 2.24) is 20.0 Å². The van der Waals surface area contributed by atoms with Gasteiger partial charge in [0.1, 0.15) is 0 Å². The molecule has 0 bridgehead atoms. The Morgan fingerprint density at radius 2 is 1.97 bits per heavy atom. The van der Waals surface area contributed by atoms with Crippen molar-refractivity contribution in [2.24, 2.45) is 0 Å². The predicted octanol–water partition coefficient (Wildman–Crippen LogP) is 1.34. The highest BCUT2D eigenvalue weighted by Crippen LogP contribution is 2.32. The molecule has 1 unspecified atom stereocenters. The van der Waals surface area contributed by atoms with E-state index in [1.807, 2.05) is 30.0 Å². The quantitative estimate of drug-likeness (QED) is 0.602. The van der Waals surface area contributed by atoms with Gasteiger partial charge in [0.15, 0.2) is 11.5 Å². The van der Waals surface area contributed by atoms with Gasteiger partial charge in [0.05, 0.1) is 26.7 Å². The van der Waals surface area contributed by atoms with Gasteiger partial charge in [-0.1, -0.05) is 12.1 Å². The Morgan fingerprint density at radius 3 is 2.65 bits per heavy atom. The van der Waals surface area contributed by atoms with Crippen molar-refractivity contribution in [3.63, 3.8) is 0 Å². The third kappa shape index (κ3) is 5.89. The molecular weight excluding hydrogens is 396 g/mol. The maximum absolute atomic E-state index is 13.1. The van der Waals surface area contributed by atoms with Crippen molar-refractivity contribution in [2.45, 2.75) is 38.8 Å². The second-order valence-corrected chi connectivity index (χ2v) is 8.16.